The van der Waals surface area contributed by atoms with Crippen LogP contribution in [0.25, 0.3) is 11.1 Å². The predicted octanol–water partition coefficient (Wildman–Crippen LogP) is 9.53. The zero-order chi connectivity index (χ0) is 22.2. The van der Waals surface area contributed by atoms with Gasteiger partial charge in [-0.1, -0.05) is 100 Å². The van der Waals surface area contributed by atoms with Crippen molar-refractivity contribution in [3.8, 4) is 11.1 Å². The fourth-order valence-corrected chi connectivity index (χ4v) is 6.27. The number of halogens is 1. The van der Waals surface area contributed by atoms with Crippen molar-refractivity contribution in [2.75, 3.05) is 6.67 Å². The van der Waals surface area contributed by atoms with Gasteiger partial charge in [0, 0.05) is 0 Å². The van der Waals surface area contributed by atoms with Gasteiger partial charge in [-0.3, -0.25) is 4.39 Å². The molecule has 0 radical (unpaired) electrons. The minimum absolute atomic E-state index is 0.231. The Morgan fingerprint density at radius 1 is 0.656 bits per heavy atom. The van der Waals surface area contributed by atoms with Crippen molar-refractivity contribution < 1.29 is 4.39 Å². The Labute approximate surface area is 196 Å². The van der Waals surface area contributed by atoms with Crippen LogP contribution in [0.5, 0.6) is 0 Å². The van der Waals surface area contributed by atoms with E-state index in [2.05, 4.69) is 55.5 Å². The van der Waals surface area contributed by atoms with Gasteiger partial charge < -0.3 is 0 Å². The molecule has 0 spiro atoms. The molecule has 2 fully saturated rings. The lowest BCUT2D eigenvalue weighted by molar-refractivity contribution is 0.227. The molecule has 2 aliphatic rings. The SMILES string of the molecule is CC[C@H]1CC[C@H](CCC2CCC(c3ccc(-c4ccc(CCCF)cc4)cc3)CC2)CC1. The molecule has 0 N–H and O–H groups in total. The van der Waals surface area contributed by atoms with Crippen LogP contribution in [0.3, 0.4) is 0 Å². The summed E-state index contributed by atoms with van der Waals surface area (Å²) >= 11 is 0. The summed E-state index contributed by atoms with van der Waals surface area (Å²) in [4.78, 5) is 0. The zero-order valence-corrected chi connectivity index (χ0v) is 20.2. The summed E-state index contributed by atoms with van der Waals surface area (Å²) in [6.07, 6.45) is 17.4. The lowest BCUT2D eigenvalue weighted by atomic mass is 9.74. The van der Waals surface area contributed by atoms with Gasteiger partial charge in [-0.05, 0) is 84.5 Å². The standard InChI is InChI=1S/C31H43F/c1-2-24-5-7-26(8-6-24)9-10-27-13-17-29(18-14-27)31-21-19-30(20-22-31)28-15-11-25(12-16-28)4-3-23-32/h11-12,15-16,19-22,24,26-27,29H,2-10,13-14,17-18,23H2,1H3/t24-,26-,27?,29?. The predicted molar refractivity (Wildman–Crippen MR) is 136 cm³/mol. The van der Waals surface area contributed by atoms with Gasteiger partial charge in [0.2, 0.25) is 0 Å². The van der Waals surface area contributed by atoms with E-state index in [4.69, 9.17) is 0 Å². The molecule has 2 aromatic rings. The van der Waals surface area contributed by atoms with Crippen molar-refractivity contribution in [2.45, 2.75) is 96.3 Å². The summed E-state index contributed by atoms with van der Waals surface area (Å²) in [7, 11) is 0. The van der Waals surface area contributed by atoms with Crippen molar-refractivity contribution >= 4 is 0 Å². The first kappa shape index (κ1) is 23.5. The average Bonchev–Trinajstić information content (AvgIpc) is 2.87. The highest BCUT2D eigenvalue weighted by Gasteiger charge is 2.25. The second-order valence-corrected chi connectivity index (χ2v) is 10.7. The first-order valence-electron chi connectivity index (χ1n) is 13.5. The maximum Gasteiger partial charge on any atom is 0.0897 e. The lowest BCUT2D eigenvalue weighted by Crippen LogP contribution is -2.17. The molecular formula is C31H43F. The van der Waals surface area contributed by atoms with E-state index in [1.807, 2.05) is 0 Å². The molecule has 32 heavy (non-hydrogen) atoms. The highest BCUT2D eigenvalue weighted by Crippen LogP contribution is 2.40. The number of hydrogen-bond acceptors (Lipinski definition) is 0. The fourth-order valence-electron chi connectivity index (χ4n) is 6.27. The van der Waals surface area contributed by atoms with Crippen molar-refractivity contribution in [2.24, 2.45) is 17.8 Å². The van der Waals surface area contributed by atoms with E-state index in [0.717, 1.165) is 30.1 Å². The van der Waals surface area contributed by atoms with Gasteiger partial charge in [-0.2, -0.15) is 0 Å². The second-order valence-electron chi connectivity index (χ2n) is 10.7. The van der Waals surface area contributed by atoms with Gasteiger partial charge in [-0.25, -0.2) is 0 Å². The Morgan fingerprint density at radius 3 is 1.69 bits per heavy atom. The van der Waals surface area contributed by atoms with Gasteiger partial charge in [0.05, 0.1) is 6.67 Å². The second kappa shape index (κ2) is 12.0. The third-order valence-corrected chi connectivity index (χ3v) is 8.64. The molecule has 0 heterocycles. The van der Waals surface area contributed by atoms with Gasteiger partial charge in [0.1, 0.15) is 0 Å². The van der Waals surface area contributed by atoms with Crippen LogP contribution >= 0.6 is 0 Å². The highest BCUT2D eigenvalue weighted by molar-refractivity contribution is 5.64. The summed E-state index contributed by atoms with van der Waals surface area (Å²) < 4.78 is 12.4. The van der Waals surface area contributed by atoms with Crippen LogP contribution in [0.15, 0.2) is 48.5 Å². The highest BCUT2D eigenvalue weighted by atomic mass is 19.1. The molecule has 0 bridgehead atoms. The molecule has 0 nitrogen and oxygen atoms in total. The Balaban J connectivity index is 1.22. The molecule has 2 saturated carbocycles. The van der Waals surface area contributed by atoms with Crippen molar-refractivity contribution in [3.05, 3.63) is 59.7 Å². The van der Waals surface area contributed by atoms with E-state index >= 15 is 0 Å². The summed E-state index contributed by atoms with van der Waals surface area (Å²) in [6, 6.07) is 18.0. The van der Waals surface area contributed by atoms with Crippen LogP contribution in [0.4, 0.5) is 4.39 Å². The molecule has 0 atom stereocenters. The number of benzene rings is 2. The number of aryl methyl sites for hydroxylation is 1. The third-order valence-electron chi connectivity index (χ3n) is 8.64. The van der Waals surface area contributed by atoms with E-state index in [9.17, 15) is 4.39 Å². The third kappa shape index (κ3) is 6.46. The van der Waals surface area contributed by atoms with Gasteiger partial charge in [0.25, 0.3) is 0 Å². The normalized spacial score (nSPS) is 26.2. The van der Waals surface area contributed by atoms with Gasteiger partial charge in [0.15, 0.2) is 0 Å². The first-order valence-corrected chi connectivity index (χ1v) is 13.5. The smallest absolute Gasteiger partial charge is 0.0897 e. The molecule has 0 amide bonds. The molecule has 174 valence electrons. The first-order chi connectivity index (χ1) is 15.7. The van der Waals surface area contributed by atoms with Crippen LogP contribution in [-0.2, 0) is 6.42 Å². The van der Waals surface area contributed by atoms with E-state index < -0.39 is 0 Å². The zero-order valence-electron chi connectivity index (χ0n) is 20.2. The molecule has 0 aliphatic heterocycles. The topological polar surface area (TPSA) is 0 Å². The van der Waals surface area contributed by atoms with Gasteiger partial charge >= 0.3 is 0 Å². The van der Waals surface area contributed by atoms with E-state index in [1.54, 1.807) is 0 Å². The lowest BCUT2D eigenvalue weighted by Gasteiger charge is -2.32. The molecule has 0 saturated heterocycles. The molecule has 0 aromatic heterocycles. The summed E-state index contributed by atoms with van der Waals surface area (Å²) in [5.74, 6) is 3.79. The number of alkyl halides is 1. The Morgan fingerprint density at radius 2 is 1.16 bits per heavy atom. The Hall–Kier alpha value is -1.63. The Kier molecular flexibility index (Phi) is 8.83. The van der Waals surface area contributed by atoms with Crippen molar-refractivity contribution in [3.63, 3.8) is 0 Å². The Bertz CT molecular complexity index is 774. The van der Waals surface area contributed by atoms with Crippen LogP contribution < -0.4 is 0 Å². The van der Waals surface area contributed by atoms with Crippen LogP contribution in [0.1, 0.15) is 101 Å². The van der Waals surface area contributed by atoms with E-state index in [-0.39, 0.29) is 6.67 Å². The largest absolute Gasteiger partial charge is 0.251 e. The van der Waals surface area contributed by atoms with Crippen LogP contribution in [-0.4, -0.2) is 6.67 Å². The van der Waals surface area contributed by atoms with Gasteiger partial charge in [-0.15, -0.1) is 0 Å². The maximum absolute atomic E-state index is 12.4. The summed E-state index contributed by atoms with van der Waals surface area (Å²) in [6.45, 7) is 2.14. The average molecular weight is 435 g/mol. The summed E-state index contributed by atoms with van der Waals surface area (Å²) in [5, 5.41) is 0. The molecular weight excluding hydrogens is 391 g/mol. The number of rotatable bonds is 9. The van der Waals surface area contributed by atoms with Crippen molar-refractivity contribution in [1.29, 1.82) is 0 Å². The van der Waals surface area contributed by atoms with E-state index in [1.165, 1.54) is 92.9 Å². The van der Waals surface area contributed by atoms with Crippen LogP contribution in [0.2, 0.25) is 0 Å². The minimum atomic E-state index is -0.231. The van der Waals surface area contributed by atoms with Crippen LogP contribution in [0, 0.1) is 17.8 Å². The number of hydrogen-bond donors (Lipinski definition) is 0. The molecule has 2 aliphatic carbocycles. The molecule has 2 aromatic carbocycles. The molecule has 0 unspecified atom stereocenters. The quantitative estimate of drug-likeness (QED) is 0.368. The molecule has 4 rings (SSSR count). The minimum Gasteiger partial charge on any atom is -0.251 e. The maximum atomic E-state index is 12.4. The van der Waals surface area contributed by atoms with E-state index in [0.29, 0.717) is 6.42 Å². The monoisotopic (exact) mass is 434 g/mol. The fraction of sp³-hybridized carbons (Fsp3) is 0.613. The molecule has 1 heteroatoms. The van der Waals surface area contributed by atoms with Crippen molar-refractivity contribution in [1.82, 2.24) is 0 Å². The summed E-state index contributed by atoms with van der Waals surface area (Å²) in [5.41, 5.74) is 5.31.